The summed E-state index contributed by atoms with van der Waals surface area (Å²) in [4.78, 5) is 12.2. The van der Waals surface area contributed by atoms with Gasteiger partial charge in [-0.25, -0.2) is 0 Å². The van der Waals surface area contributed by atoms with Crippen LogP contribution in [0, 0.1) is 23.2 Å². The van der Waals surface area contributed by atoms with Crippen molar-refractivity contribution in [3.05, 3.63) is 58.7 Å². The number of aliphatic hydroxyl groups excluding tert-OH is 4. The van der Waals surface area contributed by atoms with Crippen molar-refractivity contribution in [1.29, 1.82) is 0 Å². The van der Waals surface area contributed by atoms with Crippen LogP contribution in [0.15, 0.2) is 58.7 Å². The number of hydrogen-bond acceptors (Lipinski definition) is 7. The summed E-state index contributed by atoms with van der Waals surface area (Å²) in [6.07, 6.45) is 14.3. The third kappa shape index (κ3) is 7.79. The van der Waals surface area contributed by atoms with Crippen molar-refractivity contribution in [3.63, 3.8) is 0 Å². The Hall–Kier alpha value is -1.87. The molecule has 2 saturated carbocycles. The molecular formula is C35H54O7. The van der Waals surface area contributed by atoms with Crippen LogP contribution in [0.25, 0.3) is 0 Å². The largest absolute Gasteiger partial charge is 0.396 e. The molecule has 0 saturated heterocycles. The van der Waals surface area contributed by atoms with Crippen molar-refractivity contribution in [2.75, 3.05) is 26.4 Å². The Morgan fingerprint density at radius 2 is 2.00 bits per heavy atom. The van der Waals surface area contributed by atoms with E-state index < -0.39 is 29.8 Å². The second-order valence-electron chi connectivity index (χ2n) is 13.1. The lowest BCUT2D eigenvalue weighted by molar-refractivity contribution is -0.178. The first-order chi connectivity index (χ1) is 20.0. The molecule has 42 heavy (non-hydrogen) atoms. The van der Waals surface area contributed by atoms with E-state index >= 15 is 0 Å². The zero-order valence-electron chi connectivity index (χ0n) is 25.9. The molecule has 0 heterocycles. The van der Waals surface area contributed by atoms with E-state index in [2.05, 4.69) is 26.5 Å². The van der Waals surface area contributed by atoms with Crippen LogP contribution in [-0.2, 0) is 9.53 Å². The minimum absolute atomic E-state index is 0.0110. The van der Waals surface area contributed by atoms with E-state index in [9.17, 15) is 30.3 Å². The molecule has 1 spiro atoms. The fourth-order valence-corrected chi connectivity index (χ4v) is 7.98. The number of carbonyl (C=O) groups is 1. The summed E-state index contributed by atoms with van der Waals surface area (Å²) < 4.78 is 5.79. The van der Waals surface area contributed by atoms with E-state index in [1.165, 1.54) is 5.57 Å². The van der Waals surface area contributed by atoms with Crippen LogP contribution in [0.3, 0.4) is 0 Å². The van der Waals surface area contributed by atoms with Gasteiger partial charge in [0.15, 0.2) is 0 Å². The van der Waals surface area contributed by atoms with Gasteiger partial charge in [0.2, 0.25) is 0 Å². The summed E-state index contributed by atoms with van der Waals surface area (Å²) in [5, 5.41) is 53.2. The minimum atomic E-state index is -1.16. The van der Waals surface area contributed by atoms with E-state index in [4.69, 9.17) is 4.74 Å². The molecule has 3 aliphatic carbocycles. The molecule has 0 bridgehead atoms. The standard InChI is InChI=1S/C35H54O7/c1-24(2)9-5-10-25(3)11-6-14-28(22-42-23-29(39)21-38)30-16-17-35(33(30)40)31(15-8-18-36)32-26(19-34(35,4)41)12-7-13-27(32)20-37/h6,9,11,14,20,26,29-31,33,36,38-41H,3,5,7-8,10,12-13,15-19,21-23H2,1-2,4H3/b11-6+,28-14-/t26-,29+,30-,31-,33+,34+,35+/m0/s1. The molecule has 7 atom stereocenters. The lowest BCUT2D eigenvalue weighted by Crippen LogP contribution is -2.61. The van der Waals surface area contributed by atoms with Gasteiger partial charge in [-0.2, -0.15) is 0 Å². The van der Waals surface area contributed by atoms with Crippen LogP contribution in [0.1, 0.15) is 85.0 Å². The second-order valence-corrected chi connectivity index (χ2v) is 13.1. The van der Waals surface area contributed by atoms with Gasteiger partial charge in [-0.3, -0.25) is 4.79 Å². The van der Waals surface area contributed by atoms with E-state index in [1.54, 1.807) is 0 Å². The highest BCUT2D eigenvalue weighted by atomic mass is 16.5. The van der Waals surface area contributed by atoms with Crippen molar-refractivity contribution < 1.29 is 35.1 Å². The van der Waals surface area contributed by atoms with Crippen molar-refractivity contribution in [1.82, 2.24) is 0 Å². The Balaban J connectivity index is 1.96. The van der Waals surface area contributed by atoms with Crippen molar-refractivity contribution in [2.24, 2.45) is 23.2 Å². The highest BCUT2D eigenvalue weighted by Crippen LogP contribution is 2.65. The van der Waals surface area contributed by atoms with Crippen LogP contribution < -0.4 is 0 Å². The minimum Gasteiger partial charge on any atom is -0.396 e. The maximum Gasteiger partial charge on any atom is 0.145 e. The van der Waals surface area contributed by atoms with Crippen LogP contribution in [0.2, 0.25) is 0 Å². The first-order valence-electron chi connectivity index (χ1n) is 15.8. The van der Waals surface area contributed by atoms with Gasteiger partial charge in [0.05, 0.1) is 31.5 Å². The number of fused-ring (bicyclic) bond motifs is 1. The van der Waals surface area contributed by atoms with E-state index in [0.717, 1.165) is 60.7 Å². The molecule has 3 rings (SSSR count). The van der Waals surface area contributed by atoms with Gasteiger partial charge in [-0.15, -0.1) is 0 Å². The highest BCUT2D eigenvalue weighted by Gasteiger charge is 2.65. The molecule has 0 unspecified atom stereocenters. The van der Waals surface area contributed by atoms with E-state index in [1.807, 2.05) is 25.2 Å². The smallest absolute Gasteiger partial charge is 0.145 e. The molecule has 0 aliphatic heterocycles. The van der Waals surface area contributed by atoms with E-state index in [0.29, 0.717) is 32.1 Å². The molecule has 236 valence electrons. The fourth-order valence-electron chi connectivity index (χ4n) is 7.98. The predicted octanol–water partition coefficient (Wildman–Crippen LogP) is 4.74. The van der Waals surface area contributed by atoms with Crippen LogP contribution in [0.4, 0.5) is 0 Å². The molecule has 0 aromatic carbocycles. The molecule has 2 fully saturated rings. The van der Waals surface area contributed by atoms with Crippen molar-refractivity contribution >= 4 is 6.29 Å². The SMILES string of the molecule is C=C(/C=C/C=C(/COC[C@H](O)CO)[C@@H]1CC[C@]2([C@@H]1O)[C@@H](CCCO)C1=C(C=O)CCC[C@H]1C[C@@]2(C)O)CCC=C(C)C. The Bertz CT molecular complexity index is 1050. The summed E-state index contributed by atoms with van der Waals surface area (Å²) in [6.45, 7) is 9.91. The first kappa shape index (κ1) is 34.6. The molecule has 0 aromatic heterocycles. The lowest BCUT2D eigenvalue weighted by atomic mass is 9.49. The van der Waals surface area contributed by atoms with Gasteiger partial charge >= 0.3 is 0 Å². The maximum atomic E-state index is 12.3. The number of allylic oxidation sites excluding steroid dienone is 8. The number of aliphatic hydroxyl groups is 5. The van der Waals surface area contributed by atoms with Crippen molar-refractivity contribution in [3.8, 4) is 0 Å². The number of ether oxygens (including phenoxy) is 1. The second kappa shape index (κ2) is 15.7. The number of hydrogen-bond donors (Lipinski definition) is 5. The zero-order valence-corrected chi connectivity index (χ0v) is 25.9. The summed E-state index contributed by atoms with van der Waals surface area (Å²) in [5.41, 5.74) is 2.99. The van der Waals surface area contributed by atoms with Gasteiger partial charge in [-0.05, 0) is 108 Å². The molecule has 0 amide bonds. The lowest BCUT2D eigenvalue weighted by Gasteiger charge is -2.58. The van der Waals surface area contributed by atoms with Gasteiger partial charge in [0, 0.05) is 17.9 Å². The topological polar surface area (TPSA) is 127 Å². The summed E-state index contributed by atoms with van der Waals surface area (Å²) >= 11 is 0. The zero-order chi connectivity index (χ0) is 30.9. The molecule has 0 radical (unpaired) electrons. The van der Waals surface area contributed by atoms with Gasteiger partial charge in [0.25, 0.3) is 0 Å². The third-order valence-electron chi connectivity index (χ3n) is 9.95. The average Bonchev–Trinajstić information content (AvgIpc) is 3.29. The highest BCUT2D eigenvalue weighted by molar-refractivity contribution is 5.75. The monoisotopic (exact) mass is 586 g/mol. The third-order valence-corrected chi connectivity index (χ3v) is 9.95. The molecule has 0 aromatic rings. The summed E-state index contributed by atoms with van der Waals surface area (Å²) in [6, 6.07) is 0. The Morgan fingerprint density at radius 1 is 1.24 bits per heavy atom. The van der Waals surface area contributed by atoms with Crippen LogP contribution in [0.5, 0.6) is 0 Å². The van der Waals surface area contributed by atoms with Crippen LogP contribution >= 0.6 is 0 Å². The summed E-state index contributed by atoms with van der Waals surface area (Å²) in [7, 11) is 0. The maximum absolute atomic E-state index is 12.3. The average molecular weight is 587 g/mol. The van der Waals surface area contributed by atoms with E-state index in [-0.39, 0.29) is 37.6 Å². The number of aldehydes is 1. The first-order valence-corrected chi connectivity index (χ1v) is 15.8. The Labute approximate surface area is 252 Å². The molecular weight excluding hydrogens is 532 g/mol. The number of carbonyl (C=O) groups excluding carboxylic acids is 1. The number of rotatable bonds is 15. The fraction of sp³-hybridized carbons (Fsp3) is 0.686. The molecule has 5 N–H and O–H groups in total. The molecule has 7 heteroatoms. The normalized spacial score (nSPS) is 32.3. The molecule has 7 nitrogen and oxygen atoms in total. The van der Waals surface area contributed by atoms with Gasteiger partial charge < -0.3 is 30.3 Å². The Kier molecular flexibility index (Phi) is 13.0. The molecule has 3 aliphatic rings. The van der Waals surface area contributed by atoms with Crippen LogP contribution in [-0.4, -0.2) is 76.1 Å². The predicted molar refractivity (Wildman–Crippen MR) is 166 cm³/mol. The van der Waals surface area contributed by atoms with Gasteiger partial charge in [-0.1, -0.05) is 47.6 Å². The Morgan fingerprint density at radius 3 is 2.67 bits per heavy atom. The quantitative estimate of drug-likeness (QED) is 0.107. The summed E-state index contributed by atoms with van der Waals surface area (Å²) in [5.74, 6) is -0.404. The van der Waals surface area contributed by atoms with Gasteiger partial charge in [0.1, 0.15) is 12.4 Å². The van der Waals surface area contributed by atoms with Crippen molar-refractivity contribution in [2.45, 2.75) is 103 Å².